The van der Waals surface area contributed by atoms with Crippen molar-refractivity contribution in [3.05, 3.63) is 0 Å². The summed E-state index contributed by atoms with van der Waals surface area (Å²) in [6, 6.07) is 0. The molecular formula is C6H16NO2PS. The first-order valence-corrected chi connectivity index (χ1v) is 7.10. The van der Waals surface area contributed by atoms with E-state index >= 15 is 0 Å². The van der Waals surface area contributed by atoms with E-state index in [4.69, 9.17) is 0 Å². The highest BCUT2D eigenvalue weighted by molar-refractivity contribution is 8.55. The molecule has 0 saturated heterocycles. The predicted octanol–water partition coefficient (Wildman–Crippen LogP) is 2.23. The lowest BCUT2D eigenvalue weighted by Gasteiger charge is -2.10. The van der Waals surface area contributed by atoms with Gasteiger partial charge in [-0.25, -0.2) is 5.09 Å². The van der Waals surface area contributed by atoms with Gasteiger partial charge in [0.25, 0.3) is 0 Å². The second kappa shape index (κ2) is 6.06. The summed E-state index contributed by atoms with van der Waals surface area (Å²) in [5.41, 5.74) is 0. The van der Waals surface area contributed by atoms with E-state index in [0.717, 1.165) is 30.0 Å². The van der Waals surface area contributed by atoms with Gasteiger partial charge in [0.2, 0.25) is 0 Å². The van der Waals surface area contributed by atoms with Gasteiger partial charge in [0.15, 0.2) is 0 Å². The van der Waals surface area contributed by atoms with Crippen molar-refractivity contribution in [2.24, 2.45) is 0 Å². The van der Waals surface area contributed by atoms with E-state index in [2.05, 4.69) is 5.09 Å². The zero-order valence-electron chi connectivity index (χ0n) is 7.04. The van der Waals surface area contributed by atoms with Crippen molar-refractivity contribution in [1.29, 1.82) is 0 Å². The molecule has 1 unspecified atom stereocenters. The van der Waals surface area contributed by atoms with Crippen molar-refractivity contribution >= 4 is 18.1 Å². The van der Waals surface area contributed by atoms with Crippen LogP contribution in [-0.2, 0) is 4.57 Å². The van der Waals surface area contributed by atoms with Crippen LogP contribution in [0, 0.1) is 0 Å². The molecule has 0 aliphatic heterocycles. The maximum atomic E-state index is 11.1. The molecule has 0 aromatic carbocycles. The summed E-state index contributed by atoms with van der Waals surface area (Å²) in [6.07, 6.45) is 1.82. The van der Waals surface area contributed by atoms with E-state index in [1.807, 2.05) is 13.8 Å². The Balaban J connectivity index is 3.53. The SMILES string of the molecule is CCCNP(=O)(O)SCCC. The fourth-order valence-corrected chi connectivity index (χ4v) is 3.38. The predicted molar refractivity (Wildman–Crippen MR) is 50.9 cm³/mol. The summed E-state index contributed by atoms with van der Waals surface area (Å²) in [5, 5.41) is 2.62. The van der Waals surface area contributed by atoms with Crippen LogP contribution in [0.15, 0.2) is 0 Å². The van der Waals surface area contributed by atoms with Crippen molar-refractivity contribution < 1.29 is 9.46 Å². The zero-order chi connectivity index (χ0) is 8.74. The Hall–Kier alpha value is 0.500. The lowest BCUT2D eigenvalue weighted by Crippen LogP contribution is -2.08. The van der Waals surface area contributed by atoms with Crippen LogP contribution >= 0.6 is 18.1 Å². The molecule has 0 amide bonds. The second-order valence-corrected chi connectivity index (χ2v) is 6.54. The molecule has 11 heavy (non-hydrogen) atoms. The van der Waals surface area contributed by atoms with Crippen LogP contribution in [-0.4, -0.2) is 17.2 Å². The van der Waals surface area contributed by atoms with Gasteiger partial charge in [-0.2, -0.15) is 0 Å². The molecule has 0 saturated carbocycles. The normalized spacial score (nSPS) is 16.3. The summed E-state index contributed by atoms with van der Waals surface area (Å²) in [7, 11) is 0. The molecule has 0 aliphatic carbocycles. The molecule has 0 spiro atoms. The van der Waals surface area contributed by atoms with Gasteiger partial charge in [0.05, 0.1) is 0 Å². The van der Waals surface area contributed by atoms with Gasteiger partial charge in [-0.05, 0) is 12.8 Å². The fourth-order valence-electron chi connectivity index (χ4n) is 0.514. The average Bonchev–Trinajstić information content (AvgIpc) is 1.97. The Labute approximate surface area is 72.2 Å². The van der Waals surface area contributed by atoms with Crippen LogP contribution in [0.4, 0.5) is 0 Å². The third kappa shape index (κ3) is 6.88. The Bertz CT molecular complexity index is 131. The first-order chi connectivity index (χ1) is 5.12. The van der Waals surface area contributed by atoms with E-state index in [9.17, 15) is 9.46 Å². The molecule has 2 N–H and O–H groups in total. The van der Waals surface area contributed by atoms with Crippen LogP contribution in [0.2, 0.25) is 0 Å². The van der Waals surface area contributed by atoms with Crippen molar-refractivity contribution in [1.82, 2.24) is 5.09 Å². The average molecular weight is 197 g/mol. The molecular weight excluding hydrogens is 181 g/mol. The smallest absolute Gasteiger partial charge is 0.323 e. The highest BCUT2D eigenvalue weighted by Gasteiger charge is 2.15. The molecule has 0 radical (unpaired) electrons. The standard InChI is InChI=1S/C6H16NO2PS/c1-3-5-7-10(8,9)11-6-4-2/h3-6H2,1-2H3,(H2,7,8,9). The third-order valence-electron chi connectivity index (χ3n) is 1.03. The van der Waals surface area contributed by atoms with Crippen molar-refractivity contribution in [3.63, 3.8) is 0 Å². The molecule has 0 aromatic rings. The highest BCUT2D eigenvalue weighted by atomic mass is 32.7. The fraction of sp³-hybridized carbons (Fsp3) is 1.00. The lowest BCUT2D eigenvalue weighted by atomic mass is 10.5. The van der Waals surface area contributed by atoms with Crippen LogP contribution in [0.3, 0.4) is 0 Å². The largest absolute Gasteiger partial charge is 0.326 e. The molecule has 68 valence electrons. The van der Waals surface area contributed by atoms with Crippen molar-refractivity contribution in [2.45, 2.75) is 26.7 Å². The Morgan fingerprint density at radius 1 is 1.45 bits per heavy atom. The molecule has 0 fully saturated rings. The third-order valence-corrected chi connectivity index (χ3v) is 4.58. The molecule has 0 heterocycles. The highest BCUT2D eigenvalue weighted by Crippen LogP contribution is 2.50. The minimum Gasteiger partial charge on any atom is -0.326 e. The van der Waals surface area contributed by atoms with Crippen LogP contribution in [0.25, 0.3) is 0 Å². The quantitative estimate of drug-likeness (QED) is 0.641. The molecule has 0 rings (SSSR count). The van der Waals surface area contributed by atoms with E-state index in [1.165, 1.54) is 0 Å². The van der Waals surface area contributed by atoms with Crippen molar-refractivity contribution in [3.8, 4) is 0 Å². The first kappa shape index (κ1) is 11.5. The summed E-state index contributed by atoms with van der Waals surface area (Å²) < 4.78 is 11.1. The molecule has 0 bridgehead atoms. The summed E-state index contributed by atoms with van der Waals surface area (Å²) in [6.45, 7) is 1.52. The Morgan fingerprint density at radius 3 is 2.55 bits per heavy atom. The van der Waals surface area contributed by atoms with E-state index in [1.54, 1.807) is 0 Å². The van der Waals surface area contributed by atoms with Crippen molar-refractivity contribution in [2.75, 3.05) is 12.3 Å². The number of hydrogen-bond acceptors (Lipinski definition) is 2. The first-order valence-electron chi connectivity index (χ1n) is 3.85. The molecule has 1 atom stereocenters. The maximum Gasteiger partial charge on any atom is 0.323 e. The second-order valence-electron chi connectivity index (χ2n) is 2.26. The zero-order valence-corrected chi connectivity index (χ0v) is 8.75. The van der Waals surface area contributed by atoms with Gasteiger partial charge < -0.3 is 4.89 Å². The minimum absolute atomic E-state index is 0.616. The molecule has 0 aromatic heterocycles. The van der Waals surface area contributed by atoms with Gasteiger partial charge in [-0.3, -0.25) is 4.57 Å². The maximum absolute atomic E-state index is 11.1. The minimum atomic E-state index is -3.06. The summed E-state index contributed by atoms with van der Waals surface area (Å²) in [4.78, 5) is 9.18. The monoisotopic (exact) mass is 197 g/mol. The number of hydrogen-bond donors (Lipinski definition) is 2. The summed E-state index contributed by atoms with van der Waals surface area (Å²) >= 11 is 1.12. The van der Waals surface area contributed by atoms with Gasteiger partial charge in [-0.15, -0.1) is 0 Å². The lowest BCUT2D eigenvalue weighted by molar-refractivity contribution is 0.482. The van der Waals surface area contributed by atoms with E-state index in [0.29, 0.717) is 6.54 Å². The van der Waals surface area contributed by atoms with E-state index < -0.39 is 6.72 Å². The number of rotatable bonds is 6. The Kier molecular flexibility index (Phi) is 6.34. The van der Waals surface area contributed by atoms with E-state index in [-0.39, 0.29) is 0 Å². The van der Waals surface area contributed by atoms with Gasteiger partial charge >= 0.3 is 6.72 Å². The molecule has 5 heteroatoms. The summed E-state index contributed by atoms with van der Waals surface area (Å²) in [5.74, 6) is 0.741. The van der Waals surface area contributed by atoms with Crippen LogP contribution in [0.5, 0.6) is 0 Å². The number of nitrogens with one attached hydrogen (secondary N) is 1. The Morgan fingerprint density at radius 2 is 2.09 bits per heavy atom. The molecule has 0 aliphatic rings. The molecule has 3 nitrogen and oxygen atoms in total. The van der Waals surface area contributed by atoms with Gasteiger partial charge in [0.1, 0.15) is 0 Å². The van der Waals surface area contributed by atoms with Crippen LogP contribution in [0.1, 0.15) is 26.7 Å². The van der Waals surface area contributed by atoms with Gasteiger partial charge in [0, 0.05) is 12.3 Å². The van der Waals surface area contributed by atoms with Crippen LogP contribution < -0.4 is 5.09 Å². The van der Waals surface area contributed by atoms with Gasteiger partial charge in [-0.1, -0.05) is 25.2 Å². The topological polar surface area (TPSA) is 49.3 Å².